The number of ether oxygens (including phenoxy) is 1. The van der Waals surface area contributed by atoms with Crippen LogP contribution in [0.2, 0.25) is 0 Å². The van der Waals surface area contributed by atoms with Crippen LogP contribution in [0.4, 0.5) is 4.79 Å². The molecular weight excluding hydrogens is 238 g/mol. The maximum absolute atomic E-state index is 12.0. The van der Waals surface area contributed by atoms with Crippen molar-refractivity contribution in [3.05, 3.63) is 0 Å². The summed E-state index contributed by atoms with van der Waals surface area (Å²) >= 11 is 0. The van der Waals surface area contributed by atoms with E-state index in [9.17, 15) is 14.7 Å². The first-order chi connectivity index (χ1) is 7.96. The second-order valence-corrected chi connectivity index (χ2v) is 6.31. The van der Waals surface area contributed by atoms with Gasteiger partial charge in [-0.15, -0.1) is 0 Å². The molecule has 2 unspecified atom stereocenters. The Morgan fingerprint density at radius 3 is 2.22 bits per heavy atom. The Labute approximate surface area is 107 Å². The van der Waals surface area contributed by atoms with E-state index in [0.717, 1.165) is 4.90 Å². The van der Waals surface area contributed by atoms with Gasteiger partial charge < -0.3 is 14.9 Å². The molecule has 2 N–H and O–H groups in total. The smallest absolute Gasteiger partial charge is 0.413 e. The van der Waals surface area contributed by atoms with Crippen molar-refractivity contribution >= 4 is 12.1 Å². The number of aliphatic hydroxyl groups excluding tert-OH is 1. The molecule has 0 radical (unpaired) electrons. The molecule has 0 bridgehead atoms. The van der Waals surface area contributed by atoms with Crippen LogP contribution in [0.3, 0.4) is 0 Å². The first kappa shape index (κ1) is 14.8. The number of rotatable bonds is 1. The molecule has 2 atom stereocenters. The number of amides is 1. The Morgan fingerprint density at radius 1 is 1.33 bits per heavy atom. The summed E-state index contributed by atoms with van der Waals surface area (Å²) < 4.78 is 5.13. The molecule has 1 rings (SSSR count). The fourth-order valence-electron chi connectivity index (χ4n) is 2.00. The van der Waals surface area contributed by atoms with Gasteiger partial charge in [0.1, 0.15) is 17.9 Å². The number of aliphatic hydroxyl groups is 1. The maximum Gasteiger partial charge on any atom is 0.413 e. The molecule has 1 aliphatic rings. The normalized spacial score (nSPS) is 27.1. The summed E-state index contributed by atoms with van der Waals surface area (Å²) in [5.41, 5.74) is -1.40. The monoisotopic (exact) mass is 259 g/mol. The highest BCUT2D eigenvalue weighted by molar-refractivity contribution is 5.81. The summed E-state index contributed by atoms with van der Waals surface area (Å²) in [6, 6.07) is -1.05. The lowest BCUT2D eigenvalue weighted by atomic mass is 9.89. The van der Waals surface area contributed by atoms with Gasteiger partial charge in [-0.05, 0) is 27.2 Å². The zero-order valence-corrected chi connectivity index (χ0v) is 11.4. The van der Waals surface area contributed by atoms with Gasteiger partial charge in [-0.25, -0.2) is 9.59 Å². The third-order valence-electron chi connectivity index (χ3n) is 2.91. The van der Waals surface area contributed by atoms with E-state index in [-0.39, 0.29) is 6.42 Å². The molecule has 0 aliphatic carbocycles. The van der Waals surface area contributed by atoms with E-state index in [4.69, 9.17) is 9.84 Å². The van der Waals surface area contributed by atoms with Crippen LogP contribution < -0.4 is 0 Å². The molecule has 1 aliphatic heterocycles. The van der Waals surface area contributed by atoms with Crippen LogP contribution in [0.1, 0.15) is 41.0 Å². The van der Waals surface area contributed by atoms with Crippen molar-refractivity contribution < 1.29 is 24.5 Å². The van der Waals surface area contributed by atoms with Crippen molar-refractivity contribution in [2.75, 3.05) is 0 Å². The van der Waals surface area contributed by atoms with Crippen molar-refractivity contribution in [3.63, 3.8) is 0 Å². The zero-order chi connectivity index (χ0) is 14.3. The second-order valence-electron chi connectivity index (χ2n) is 6.31. The third-order valence-corrected chi connectivity index (χ3v) is 2.91. The Hall–Kier alpha value is -1.30. The summed E-state index contributed by atoms with van der Waals surface area (Å²) in [5.74, 6) is -1.13. The summed E-state index contributed by atoms with van der Waals surface area (Å²) in [5, 5.41) is 19.2. The molecule has 0 aromatic heterocycles. The molecule has 0 aromatic rings. The minimum absolute atomic E-state index is 0.197. The van der Waals surface area contributed by atoms with Crippen LogP contribution in [0.5, 0.6) is 0 Å². The molecule has 0 spiro atoms. The van der Waals surface area contributed by atoms with E-state index in [0.29, 0.717) is 0 Å². The summed E-state index contributed by atoms with van der Waals surface area (Å²) in [6.07, 6.45) is -1.76. The molecular formula is C12H21NO5. The molecule has 0 aromatic carbocycles. The number of carboxylic acids is 1. The predicted molar refractivity (Wildman–Crippen MR) is 63.9 cm³/mol. The van der Waals surface area contributed by atoms with E-state index in [1.54, 1.807) is 34.6 Å². The second kappa shape index (κ2) is 4.42. The largest absolute Gasteiger partial charge is 0.480 e. The number of carbonyl (C=O) groups excluding carboxylic acids is 1. The van der Waals surface area contributed by atoms with Crippen molar-refractivity contribution in [2.45, 2.75) is 58.9 Å². The lowest BCUT2D eigenvalue weighted by Gasteiger charge is -2.31. The Morgan fingerprint density at radius 2 is 1.83 bits per heavy atom. The average molecular weight is 259 g/mol. The van der Waals surface area contributed by atoms with Crippen LogP contribution in [0, 0.1) is 5.41 Å². The predicted octanol–water partition coefficient (Wildman–Crippen LogP) is 1.42. The number of hydrogen-bond donors (Lipinski definition) is 2. The Balaban J connectivity index is 2.96. The fourth-order valence-corrected chi connectivity index (χ4v) is 2.00. The minimum atomic E-state index is -1.16. The molecule has 1 fully saturated rings. The van der Waals surface area contributed by atoms with Gasteiger partial charge in [-0.2, -0.15) is 0 Å². The summed E-state index contributed by atoms with van der Waals surface area (Å²) in [4.78, 5) is 24.0. The average Bonchev–Trinajstić information content (AvgIpc) is 2.35. The van der Waals surface area contributed by atoms with Crippen molar-refractivity contribution in [3.8, 4) is 0 Å². The molecule has 104 valence electrons. The lowest BCUT2D eigenvalue weighted by molar-refractivity contribution is -0.144. The number of nitrogens with zero attached hydrogens (tertiary/aromatic N) is 1. The van der Waals surface area contributed by atoms with Crippen LogP contribution in [0.25, 0.3) is 0 Å². The van der Waals surface area contributed by atoms with Gasteiger partial charge in [0.2, 0.25) is 0 Å². The van der Waals surface area contributed by atoms with Gasteiger partial charge in [0.05, 0.1) is 0 Å². The fraction of sp³-hybridized carbons (Fsp3) is 0.833. The number of likely N-dealkylation sites (tertiary alicyclic amines) is 1. The quantitative estimate of drug-likeness (QED) is 0.743. The Kier molecular flexibility index (Phi) is 3.63. The number of carbonyl (C=O) groups is 2. The van der Waals surface area contributed by atoms with Gasteiger partial charge in [0.25, 0.3) is 0 Å². The molecule has 18 heavy (non-hydrogen) atoms. The highest BCUT2D eigenvalue weighted by Crippen LogP contribution is 2.39. The van der Waals surface area contributed by atoms with Crippen LogP contribution in [0.15, 0.2) is 0 Å². The lowest BCUT2D eigenvalue weighted by Crippen LogP contribution is -2.48. The van der Waals surface area contributed by atoms with Crippen LogP contribution in [-0.2, 0) is 9.53 Å². The molecule has 1 heterocycles. The highest BCUT2D eigenvalue weighted by atomic mass is 16.6. The number of hydrogen-bond acceptors (Lipinski definition) is 4. The van der Waals surface area contributed by atoms with Gasteiger partial charge in [-0.1, -0.05) is 13.8 Å². The molecule has 6 nitrogen and oxygen atoms in total. The molecule has 1 amide bonds. The standard InChI is InChI=1S/C12H21NO5/c1-11(2,3)18-10(17)13-7(8(14)15)6-12(4,5)9(13)16/h7,9,16H,6H2,1-5H3,(H,14,15). The van der Waals surface area contributed by atoms with E-state index in [1.807, 2.05) is 0 Å². The molecule has 1 saturated heterocycles. The molecule has 0 saturated carbocycles. The first-order valence-corrected chi connectivity index (χ1v) is 5.88. The first-order valence-electron chi connectivity index (χ1n) is 5.88. The maximum atomic E-state index is 12.0. The van der Waals surface area contributed by atoms with Crippen LogP contribution >= 0.6 is 0 Å². The summed E-state index contributed by atoms with van der Waals surface area (Å²) in [7, 11) is 0. The van der Waals surface area contributed by atoms with Gasteiger partial charge in [0.15, 0.2) is 0 Å². The van der Waals surface area contributed by atoms with Crippen molar-refractivity contribution in [1.29, 1.82) is 0 Å². The topological polar surface area (TPSA) is 87.1 Å². The van der Waals surface area contributed by atoms with Gasteiger partial charge in [0, 0.05) is 5.41 Å². The van der Waals surface area contributed by atoms with Gasteiger partial charge >= 0.3 is 12.1 Å². The molecule has 6 heteroatoms. The van der Waals surface area contributed by atoms with E-state index in [2.05, 4.69) is 0 Å². The van der Waals surface area contributed by atoms with Crippen LogP contribution in [-0.4, -0.2) is 45.0 Å². The van der Waals surface area contributed by atoms with Crippen molar-refractivity contribution in [2.24, 2.45) is 5.41 Å². The number of carboxylic acid groups (broad SMARTS) is 1. The van der Waals surface area contributed by atoms with E-state index < -0.39 is 35.3 Å². The van der Waals surface area contributed by atoms with E-state index >= 15 is 0 Å². The third kappa shape index (κ3) is 2.93. The zero-order valence-electron chi connectivity index (χ0n) is 11.4. The van der Waals surface area contributed by atoms with Crippen molar-refractivity contribution in [1.82, 2.24) is 4.90 Å². The highest BCUT2D eigenvalue weighted by Gasteiger charge is 2.52. The minimum Gasteiger partial charge on any atom is -0.480 e. The van der Waals surface area contributed by atoms with E-state index in [1.165, 1.54) is 0 Å². The van der Waals surface area contributed by atoms with Gasteiger partial charge in [-0.3, -0.25) is 4.90 Å². The summed E-state index contributed by atoms with van der Waals surface area (Å²) in [6.45, 7) is 8.51. The number of aliphatic carboxylic acids is 1. The Bertz CT molecular complexity index is 358. The SMILES string of the molecule is CC(C)(C)OC(=O)N1C(C(=O)O)CC(C)(C)C1O.